The zero-order chi connectivity index (χ0) is 19.7. The zero-order valence-corrected chi connectivity index (χ0v) is 16.5. The molecule has 27 heavy (non-hydrogen) atoms. The average Bonchev–Trinajstić information content (AvgIpc) is 2.61. The normalized spacial score (nSPS) is 15.9. The third-order valence-corrected chi connectivity index (χ3v) is 4.87. The molecule has 3 rings (SSSR count). The molecule has 7 nitrogen and oxygen atoms in total. The van der Waals surface area contributed by atoms with Gasteiger partial charge >= 0.3 is 0 Å². The first-order chi connectivity index (χ1) is 12.8. The summed E-state index contributed by atoms with van der Waals surface area (Å²) in [4.78, 5) is 36.8. The van der Waals surface area contributed by atoms with Gasteiger partial charge in [0.2, 0.25) is 0 Å². The molecular weight excluding hydrogens is 458 g/mol. The monoisotopic (exact) mass is 465 g/mol. The number of halogens is 2. The predicted molar refractivity (Wildman–Crippen MR) is 108 cm³/mol. The molecule has 10 heteroatoms. The first-order valence-electron chi connectivity index (χ1n) is 7.39. The van der Waals surface area contributed by atoms with Crippen molar-refractivity contribution >= 4 is 74.1 Å². The summed E-state index contributed by atoms with van der Waals surface area (Å²) in [7, 11) is 0. The van der Waals surface area contributed by atoms with Crippen LogP contribution >= 0.6 is 39.7 Å². The number of rotatable bonds is 3. The highest BCUT2D eigenvalue weighted by Gasteiger charge is 2.34. The number of benzene rings is 2. The third-order valence-electron chi connectivity index (χ3n) is 3.66. The van der Waals surface area contributed by atoms with Crippen LogP contribution in [0.4, 0.5) is 11.4 Å². The Hall–Kier alpha value is -2.62. The van der Waals surface area contributed by atoms with Gasteiger partial charge in [0.1, 0.15) is 5.57 Å². The third kappa shape index (κ3) is 3.90. The van der Waals surface area contributed by atoms with Crippen molar-refractivity contribution in [3.8, 4) is 0 Å². The number of hydrogen-bond acceptors (Lipinski definition) is 5. The number of anilines is 1. The molecule has 0 atom stereocenters. The van der Waals surface area contributed by atoms with Crippen LogP contribution in [0.2, 0.25) is 5.02 Å². The quantitative estimate of drug-likeness (QED) is 0.244. The summed E-state index contributed by atoms with van der Waals surface area (Å²) in [6, 6.07) is 10.6. The van der Waals surface area contributed by atoms with Gasteiger partial charge in [0.05, 0.1) is 15.1 Å². The lowest BCUT2D eigenvalue weighted by molar-refractivity contribution is -0.385. The molecule has 2 amide bonds. The Kier molecular flexibility index (Phi) is 5.36. The highest BCUT2D eigenvalue weighted by Crippen LogP contribution is 2.28. The van der Waals surface area contributed by atoms with E-state index in [2.05, 4.69) is 21.2 Å². The highest BCUT2D eigenvalue weighted by molar-refractivity contribution is 9.10. The number of carbonyl (C=O) groups is 2. The number of thiocarbonyl (C=S) groups is 1. The second kappa shape index (κ2) is 7.55. The van der Waals surface area contributed by atoms with Gasteiger partial charge in [-0.05, 0) is 70.1 Å². The van der Waals surface area contributed by atoms with E-state index in [1.165, 1.54) is 18.2 Å². The molecule has 0 aromatic heterocycles. The van der Waals surface area contributed by atoms with Gasteiger partial charge in [0.25, 0.3) is 17.5 Å². The Labute approximate surface area is 171 Å². The summed E-state index contributed by atoms with van der Waals surface area (Å²) >= 11 is 14.1. The SMILES string of the molecule is O=C1NC(=S)N(c2ccc(Cl)cc2)C(=O)/C1=C/c1ccc(Br)c([N+](=O)[O-])c1. The number of amides is 2. The lowest BCUT2D eigenvalue weighted by Gasteiger charge is -2.28. The Balaban J connectivity index is 2.03. The van der Waals surface area contributed by atoms with Crippen LogP contribution in [-0.4, -0.2) is 21.9 Å². The molecule has 1 saturated heterocycles. The summed E-state index contributed by atoms with van der Waals surface area (Å²) in [5, 5.41) is 13.9. The van der Waals surface area contributed by atoms with E-state index in [1.807, 2.05) is 0 Å². The van der Waals surface area contributed by atoms with Crippen LogP contribution in [0.1, 0.15) is 5.56 Å². The van der Waals surface area contributed by atoms with E-state index in [4.69, 9.17) is 23.8 Å². The molecular formula is C17H9BrClN3O4S. The molecule has 0 radical (unpaired) electrons. The predicted octanol–water partition coefficient (Wildman–Crippen LogP) is 3.84. The van der Waals surface area contributed by atoms with Gasteiger partial charge in [-0.3, -0.25) is 29.9 Å². The van der Waals surface area contributed by atoms with E-state index in [0.717, 1.165) is 4.90 Å². The van der Waals surface area contributed by atoms with Gasteiger partial charge in [-0.2, -0.15) is 0 Å². The van der Waals surface area contributed by atoms with Gasteiger partial charge in [-0.25, -0.2) is 0 Å². The van der Waals surface area contributed by atoms with Crippen LogP contribution in [0.5, 0.6) is 0 Å². The van der Waals surface area contributed by atoms with Crippen molar-refractivity contribution in [2.45, 2.75) is 0 Å². The van der Waals surface area contributed by atoms with Crippen LogP contribution in [-0.2, 0) is 9.59 Å². The number of nitrogens with one attached hydrogen (secondary N) is 1. The number of nitro benzene ring substituents is 1. The molecule has 1 N–H and O–H groups in total. The number of nitrogens with zero attached hydrogens (tertiary/aromatic N) is 2. The summed E-state index contributed by atoms with van der Waals surface area (Å²) in [6.07, 6.45) is 1.28. The standard InChI is InChI=1S/C17H9BrClN3O4S/c18-13-6-1-9(8-14(13)22(25)26)7-12-15(23)20-17(27)21(16(12)24)11-4-2-10(19)3-5-11/h1-8H,(H,20,23,27)/b12-7+. The van der Waals surface area contributed by atoms with Crippen molar-refractivity contribution < 1.29 is 14.5 Å². The van der Waals surface area contributed by atoms with Crippen LogP contribution in [0.3, 0.4) is 0 Å². The molecule has 0 saturated carbocycles. The minimum atomic E-state index is -0.680. The van der Waals surface area contributed by atoms with Crippen LogP contribution < -0.4 is 10.2 Å². The van der Waals surface area contributed by atoms with E-state index >= 15 is 0 Å². The fourth-order valence-corrected chi connectivity index (χ4v) is 3.21. The van der Waals surface area contributed by atoms with Gasteiger partial charge < -0.3 is 0 Å². The minimum absolute atomic E-state index is 0.0636. The van der Waals surface area contributed by atoms with Crippen molar-refractivity contribution in [1.29, 1.82) is 0 Å². The fourth-order valence-electron chi connectivity index (χ4n) is 2.41. The van der Waals surface area contributed by atoms with E-state index in [9.17, 15) is 19.7 Å². The minimum Gasteiger partial charge on any atom is -0.298 e. The molecule has 1 fully saturated rings. The smallest absolute Gasteiger partial charge is 0.284 e. The molecule has 0 unspecified atom stereocenters. The van der Waals surface area contributed by atoms with E-state index < -0.39 is 16.7 Å². The van der Waals surface area contributed by atoms with Crippen molar-refractivity contribution in [2.75, 3.05) is 4.90 Å². The summed E-state index contributed by atoms with van der Waals surface area (Å²) in [5.74, 6) is -1.32. The maximum atomic E-state index is 12.9. The fraction of sp³-hybridized carbons (Fsp3) is 0. The van der Waals surface area contributed by atoms with Crippen LogP contribution in [0, 0.1) is 10.1 Å². The van der Waals surface area contributed by atoms with Gasteiger partial charge in [0, 0.05) is 11.1 Å². The molecule has 1 aliphatic rings. The Morgan fingerprint density at radius 3 is 2.48 bits per heavy atom. The summed E-state index contributed by atoms with van der Waals surface area (Å²) in [6.45, 7) is 0. The Morgan fingerprint density at radius 2 is 1.85 bits per heavy atom. The maximum Gasteiger partial charge on any atom is 0.284 e. The van der Waals surface area contributed by atoms with Crippen molar-refractivity contribution in [3.05, 3.63) is 73.2 Å². The van der Waals surface area contributed by atoms with Gasteiger partial charge in [0.15, 0.2) is 5.11 Å². The second-order valence-electron chi connectivity index (χ2n) is 5.40. The van der Waals surface area contributed by atoms with E-state index in [0.29, 0.717) is 16.3 Å². The zero-order valence-electron chi connectivity index (χ0n) is 13.3. The topological polar surface area (TPSA) is 92.6 Å². The van der Waals surface area contributed by atoms with Crippen LogP contribution in [0.15, 0.2) is 52.5 Å². The lowest BCUT2D eigenvalue weighted by Crippen LogP contribution is -2.54. The van der Waals surface area contributed by atoms with Crippen molar-refractivity contribution in [3.63, 3.8) is 0 Å². The number of nitro groups is 1. The first kappa shape index (κ1) is 19.2. The number of hydrogen-bond donors (Lipinski definition) is 1. The second-order valence-corrected chi connectivity index (χ2v) is 7.08. The molecule has 2 aromatic rings. The van der Waals surface area contributed by atoms with E-state index in [-0.39, 0.29) is 20.8 Å². The summed E-state index contributed by atoms with van der Waals surface area (Å²) < 4.78 is 0.290. The average molecular weight is 467 g/mol. The lowest BCUT2D eigenvalue weighted by atomic mass is 10.1. The summed E-state index contributed by atoms with van der Waals surface area (Å²) in [5.41, 5.74) is 0.377. The molecule has 2 aromatic carbocycles. The first-order valence-corrected chi connectivity index (χ1v) is 8.97. The molecule has 136 valence electrons. The molecule has 1 aliphatic heterocycles. The highest BCUT2D eigenvalue weighted by atomic mass is 79.9. The Bertz CT molecular complexity index is 1020. The van der Waals surface area contributed by atoms with Gasteiger partial charge in [-0.1, -0.05) is 17.7 Å². The largest absolute Gasteiger partial charge is 0.298 e. The Morgan fingerprint density at radius 1 is 1.19 bits per heavy atom. The van der Waals surface area contributed by atoms with Crippen molar-refractivity contribution in [2.24, 2.45) is 0 Å². The van der Waals surface area contributed by atoms with E-state index in [1.54, 1.807) is 30.3 Å². The molecule has 0 aliphatic carbocycles. The molecule has 0 spiro atoms. The number of carbonyl (C=O) groups excluding carboxylic acids is 2. The molecule has 1 heterocycles. The van der Waals surface area contributed by atoms with Crippen LogP contribution in [0.25, 0.3) is 6.08 Å². The maximum absolute atomic E-state index is 12.9. The van der Waals surface area contributed by atoms with Gasteiger partial charge in [-0.15, -0.1) is 0 Å². The molecule has 0 bridgehead atoms. The van der Waals surface area contributed by atoms with Crippen molar-refractivity contribution in [1.82, 2.24) is 5.32 Å².